The van der Waals surface area contributed by atoms with Gasteiger partial charge >= 0.3 is 0 Å². The standard InChI is InChI=1S/C16H22ClNO2/c1-11(2)16(3-4-16)10-18-9-12-7-13(17)15-14(8-12)19-5-6-20-15/h7-8,11,18H,3-6,9-10H2,1-2H3. The van der Waals surface area contributed by atoms with Crippen molar-refractivity contribution in [2.24, 2.45) is 11.3 Å². The highest BCUT2D eigenvalue weighted by Crippen LogP contribution is 2.51. The van der Waals surface area contributed by atoms with Crippen LogP contribution in [0.5, 0.6) is 11.5 Å². The van der Waals surface area contributed by atoms with Crippen molar-refractivity contribution in [2.75, 3.05) is 19.8 Å². The zero-order valence-electron chi connectivity index (χ0n) is 12.2. The Morgan fingerprint density at radius 3 is 2.70 bits per heavy atom. The summed E-state index contributed by atoms with van der Waals surface area (Å²) < 4.78 is 11.1. The molecular weight excluding hydrogens is 274 g/mol. The van der Waals surface area contributed by atoms with E-state index in [-0.39, 0.29) is 0 Å². The van der Waals surface area contributed by atoms with E-state index < -0.39 is 0 Å². The van der Waals surface area contributed by atoms with Gasteiger partial charge in [-0.15, -0.1) is 0 Å². The minimum atomic E-state index is 0.525. The normalized spacial score (nSPS) is 19.2. The quantitative estimate of drug-likeness (QED) is 0.900. The van der Waals surface area contributed by atoms with Crippen LogP contribution in [0.15, 0.2) is 12.1 Å². The molecule has 3 nitrogen and oxygen atoms in total. The first-order valence-corrected chi connectivity index (χ1v) is 7.77. The van der Waals surface area contributed by atoms with Crippen molar-refractivity contribution < 1.29 is 9.47 Å². The van der Waals surface area contributed by atoms with E-state index in [1.807, 2.05) is 12.1 Å². The highest BCUT2D eigenvalue weighted by molar-refractivity contribution is 6.32. The fourth-order valence-electron chi connectivity index (χ4n) is 2.84. The molecule has 0 saturated heterocycles. The second-order valence-electron chi connectivity index (χ2n) is 6.22. The van der Waals surface area contributed by atoms with Crippen LogP contribution in [0.25, 0.3) is 0 Å². The molecule has 1 saturated carbocycles. The lowest BCUT2D eigenvalue weighted by molar-refractivity contribution is 0.171. The van der Waals surface area contributed by atoms with Gasteiger partial charge in [-0.2, -0.15) is 0 Å². The molecule has 0 unspecified atom stereocenters. The lowest BCUT2D eigenvalue weighted by Crippen LogP contribution is -2.27. The molecule has 1 aliphatic carbocycles. The Morgan fingerprint density at radius 2 is 2.00 bits per heavy atom. The molecule has 1 aromatic rings. The minimum absolute atomic E-state index is 0.525. The van der Waals surface area contributed by atoms with E-state index >= 15 is 0 Å². The molecule has 2 aliphatic rings. The summed E-state index contributed by atoms with van der Waals surface area (Å²) >= 11 is 6.25. The van der Waals surface area contributed by atoms with Crippen LogP contribution < -0.4 is 14.8 Å². The maximum Gasteiger partial charge on any atom is 0.179 e. The summed E-state index contributed by atoms with van der Waals surface area (Å²) in [6.45, 7) is 7.70. The Labute approximate surface area is 125 Å². The van der Waals surface area contributed by atoms with Gasteiger partial charge in [-0.05, 0) is 41.9 Å². The number of benzene rings is 1. The number of hydrogen-bond acceptors (Lipinski definition) is 3. The average molecular weight is 296 g/mol. The summed E-state index contributed by atoms with van der Waals surface area (Å²) in [6, 6.07) is 4.00. The van der Waals surface area contributed by atoms with Crippen molar-refractivity contribution in [3.8, 4) is 11.5 Å². The maximum absolute atomic E-state index is 6.25. The van der Waals surface area contributed by atoms with Gasteiger partial charge in [-0.3, -0.25) is 0 Å². The molecule has 4 heteroatoms. The highest BCUT2D eigenvalue weighted by Gasteiger charge is 2.44. The third-order valence-corrected chi connectivity index (χ3v) is 4.86. The smallest absolute Gasteiger partial charge is 0.179 e. The van der Waals surface area contributed by atoms with Gasteiger partial charge in [0.1, 0.15) is 13.2 Å². The predicted molar refractivity (Wildman–Crippen MR) is 80.7 cm³/mol. The van der Waals surface area contributed by atoms with Crippen LogP contribution in [-0.2, 0) is 6.54 Å². The average Bonchev–Trinajstić information content (AvgIpc) is 3.20. The zero-order valence-corrected chi connectivity index (χ0v) is 12.9. The van der Waals surface area contributed by atoms with E-state index in [4.69, 9.17) is 21.1 Å². The molecule has 1 fully saturated rings. The van der Waals surface area contributed by atoms with Crippen molar-refractivity contribution in [3.05, 3.63) is 22.7 Å². The van der Waals surface area contributed by atoms with Gasteiger partial charge in [-0.25, -0.2) is 0 Å². The van der Waals surface area contributed by atoms with Gasteiger partial charge in [0.05, 0.1) is 5.02 Å². The number of nitrogens with one attached hydrogen (secondary N) is 1. The Balaban J connectivity index is 1.62. The second-order valence-corrected chi connectivity index (χ2v) is 6.63. The lowest BCUT2D eigenvalue weighted by atomic mass is 9.92. The molecule has 0 bridgehead atoms. The molecule has 0 aromatic heterocycles. The third-order valence-electron chi connectivity index (χ3n) is 4.58. The number of ether oxygens (including phenoxy) is 2. The van der Waals surface area contributed by atoms with Crippen LogP contribution in [0, 0.1) is 11.3 Å². The van der Waals surface area contributed by atoms with Crippen molar-refractivity contribution in [3.63, 3.8) is 0 Å². The topological polar surface area (TPSA) is 30.5 Å². The summed E-state index contributed by atoms with van der Waals surface area (Å²) in [7, 11) is 0. The molecule has 0 radical (unpaired) electrons. The largest absolute Gasteiger partial charge is 0.486 e. The van der Waals surface area contributed by atoms with Gasteiger partial charge in [0.15, 0.2) is 11.5 Å². The summed E-state index contributed by atoms with van der Waals surface area (Å²) in [6.07, 6.45) is 2.69. The van der Waals surface area contributed by atoms with Crippen LogP contribution in [-0.4, -0.2) is 19.8 Å². The number of hydrogen-bond donors (Lipinski definition) is 1. The highest BCUT2D eigenvalue weighted by atomic mass is 35.5. The first kappa shape index (κ1) is 14.0. The Kier molecular flexibility index (Phi) is 3.83. The minimum Gasteiger partial charge on any atom is -0.486 e. The molecule has 1 N–H and O–H groups in total. The lowest BCUT2D eigenvalue weighted by Gasteiger charge is -2.22. The molecule has 1 aliphatic heterocycles. The Bertz CT molecular complexity index is 497. The fourth-order valence-corrected chi connectivity index (χ4v) is 3.13. The Hall–Kier alpha value is -0.930. The monoisotopic (exact) mass is 295 g/mol. The van der Waals surface area contributed by atoms with Crippen LogP contribution >= 0.6 is 11.6 Å². The summed E-state index contributed by atoms with van der Waals surface area (Å²) in [4.78, 5) is 0. The molecule has 0 amide bonds. The number of rotatable bonds is 5. The third kappa shape index (κ3) is 2.75. The van der Waals surface area contributed by atoms with Crippen molar-refractivity contribution in [1.29, 1.82) is 0 Å². The molecule has 110 valence electrons. The Morgan fingerprint density at radius 1 is 1.25 bits per heavy atom. The van der Waals surface area contributed by atoms with Gasteiger partial charge in [0, 0.05) is 13.1 Å². The van der Waals surface area contributed by atoms with Crippen molar-refractivity contribution in [2.45, 2.75) is 33.2 Å². The van der Waals surface area contributed by atoms with Crippen LogP contribution in [0.1, 0.15) is 32.3 Å². The van der Waals surface area contributed by atoms with E-state index in [0.717, 1.165) is 30.3 Å². The van der Waals surface area contributed by atoms with Gasteiger partial charge in [0.25, 0.3) is 0 Å². The molecule has 0 spiro atoms. The number of halogens is 1. The van der Waals surface area contributed by atoms with Crippen LogP contribution in [0.2, 0.25) is 5.02 Å². The van der Waals surface area contributed by atoms with E-state index in [9.17, 15) is 0 Å². The first-order chi connectivity index (χ1) is 9.61. The zero-order chi connectivity index (χ0) is 14.2. The fraction of sp³-hybridized carbons (Fsp3) is 0.625. The summed E-state index contributed by atoms with van der Waals surface area (Å²) in [5.74, 6) is 2.20. The van der Waals surface area contributed by atoms with Crippen molar-refractivity contribution >= 4 is 11.6 Å². The van der Waals surface area contributed by atoms with E-state index in [0.29, 0.717) is 29.4 Å². The second kappa shape index (κ2) is 5.45. The molecule has 1 aromatic carbocycles. The molecule has 3 rings (SSSR count). The summed E-state index contributed by atoms with van der Waals surface area (Å²) in [5, 5.41) is 4.21. The van der Waals surface area contributed by atoms with Gasteiger partial charge < -0.3 is 14.8 Å². The molecule has 0 atom stereocenters. The van der Waals surface area contributed by atoms with Crippen LogP contribution in [0.3, 0.4) is 0 Å². The van der Waals surface area contributed by atoms with E-state index in [1.54, 1.807) is 0 Å². The van der Waals surface area contributed by atoms with Gasteiger partial charge in [-0.1, -0.05) is 25.4 Å². The van der Waals surface area contributed by atoms with Crippen LogP contribution in [0.4, 0.5) is 0 Å². The van der Waals surface area contributed by atoms with Gasteiger partial charge in [0.2, 0.25) is 0 Å². The summed E-state index contributed by atoms with van der Waals surface area (Å²) in [5.41, 5.74) is 1.68. The predicted octanol–water partition coefficient (Wildman–Crippen LogP) is 3.64. The SMILES string of the molecule is CC(C)C1(CNCc2cc(Cl)c3c(c2)OCCO3)CC1. The molecular formula is C16H22ClNO2. The number of fused-ring (bicyclic) bond motifs is 1. The molecule has 1 heterocycles. The van der Waals surface area contributed by atoms with Crippen molar-refractivity contribution in [1.82, 2.24) is 5.32 Å². The first-order valence-electron chi connectivity index (χ1n) is 7.39. The molecule has 20 heavy (non-hydrogen) atoms. The van der Waals surface area contributed by atoms with E-state index in [1.165, 1.54) is 12.8 Å². The maximum atomic E-state index is 6.25. The van der Waals surface area contributed by atoms with E-state index in [2.05, 4.69) is 19.2 Å².